The monoisotopic (exact) mass is 365 g/mol. The zero-order chi connectivity index (χ0) is 19.2. The molecule has 144 valence electrons. The molecule has 0 aromatic heterocycles. The quantitative estimate of drug-likeness (QED) is 0.748. The predicted molar refractivity (Wildman–Crippen MR) is 95.6 cm³/mol. The smallest absolute Gasteiger partial charge is 0.409 e. The van der Waals surface area contributed by atoms with Gasteiger partial charge in [-0.15, -0.1) is 0 Å². The van der Waals surface area contributed by atoms with E-state index in [-0.39, 0.29) is 18.6 Å². The molecule has 26 heavy (non-hydrogen) atoms. The van der Waals surface area contributed by atoms with E-state index in [0.29, 0.717) is 25.4 Å². The molecule has 0 bridgehead atoms. The van der Waals surface area contributed by atoms with Crippen molar-refractivity contribution in [1.82, 2.24) is 4.90 Å². The third-order valence-electron chi connectivity index (χ3n) is 4.41. The first-order chi connectivity index (χ1) is 12.3. The van der Waals surface area contributed by atoms with Crippen molar-refractivity contribution >= 4 is 12.1 Å². The van der Waals surface area contributed by atoms with Crippen molar-refractivity contribution in [1.29, 1.82) is 0 Å². The van der Waals surface area contributed by atoms with E-state index in [9.17, 15) is 14.7 Å². The Morgan fingerprint density at radius 3 is 2.77 bits per heavy atom. The van der Waals surface area contributed by atoms with E-state index in [2.05, 4.69) is 0 Å². The first kappa shape index (κ1) is 20.0. The summed E-state index contributed by atoms with van der Waals surface area (Å²) in [7, 11) is 1.56. The number of amides is 1. The van der Waals surface area contributed by atoms with Gasteiger partial charge in [0.25, 0.3) is 0 Å². The van der Waals surface area contributed by atoms with Crippen molar-refractivity contribution < 1.29 is 28.9 Å². The number of piperidine rings is 1. The van der Waals surface area contributed by atoms with Gasteiger partial charge in [-0.3, -0.25) is 0 Å². The second kappa shape index (κ2) is 8.89. The molecule has 1 amide bonds. The van der Waals surface area contributed by atoms with Crippen LogP contribution in [-0.4, -0.2) is 61.1 Å². The lowest BCUT2D eigenvalue weighted by Gasteiger charge is -2.32. The number of likely N-dealkylation sites (tertiary alicyclic amines) is 1. The number of methoxy groups -OCH3 is 1. The number of carboxylic acid groups (broad SMARTS) is 1. The average molecular weight is 365 g/mol. The molecule has 1 aromatic rings. The molecule has 0 radical (unpaired) electrons. The summed E-state index contributed by atoms with van der Waals surface area (Å²) in [6, 6.07) is 7.42. The summed E-state index contributed by atoms with van der Waals surface area (Å²) in [5.74, 6) is -0.351. The molecule has 1 aliphatic rings. The molecule has 2 rings (SSSR count). The summed E-state index contributed by atoms with van der Waals surface area (Å²) in [6.45, 7) is 4.88. The Bertz CT molecular complexity index is 630. The zero-order valence-corrected chi connectivity index (χ0v) is 15.6. The highest BCUT2D eigenvalue weighted by molar-refractivity contribution is 5.76. The number of benzene rings is 1. The van der Waals surface area contributed by atoms with E-state index < -0.39 is 11.6 Å². The summed E-state index contributed by atoms with van der Waals surface area (Å²) in [5, 5.41) is 9.21. The van der Waals surface area contributed by atoms with Gasteiger partial charge >= 0.3 is 12.1 Å². The van der Waals surface area contributed by atoms with Gasteiger partial charge in [0, 0.05) is 26.1 Å². The van der Waals surface area contributed by atoms with Crippen LogP contribution in [0.5, 0.6) is 5.75 Å². The maximum absolute atomic E-state index is 12.1. The summed E-state index contributed by atoms with van der Waals surface area (Å²) >= 11 is 0. The number of hydrogen-bond acceptors (Lipinski definition) is 5. The third kappa shape index (κ3) is 5.36. The van der Waals surface area contributed by atoms with Gasteiger partial charge in [-0.1, -0.05) is 12.1 Å². The van der Waals surface area contributed by atoms with Gasteiger partial charge in [-0.05, 0) is 44.4 Å². The van der Waals surface area contributed by atoms with Crippen LogP contribution in [-0.2, 0) is 14.3 Å². The van der Waals surface area contributed by atoms with E-state index in [1.54, 1.807) is 18.1 Å². The maximum Gasteiger partial charge on any atom is 0.409 e. The van der Waals surface area contributed by atoms with Crippen LogP contribution in [0.15, 0.2) is 24.3 Å². The average Bonchev–Trinajstić information content (AvgIpc) is 2.61. The molecule has 0 aliphatic carbocycles. The minimum atomic E-state index is -1.30. The Morgan fingerprint density at radius 1 is 1.31 bits per heavy atom. The summed E-state index contributed by atoms with van der Waals surface area (Å²) < 4.78 is 15.7. The zero-order valence-electron chi connectivity index (χ0n) is 15.6. The standard InChI is InChI=1S/C19H27NO6/c1-19(2,17(21)22)26-16-8-4-6-14(12-16)15-7-5-9-20(13-15)18(23)25-11-10-24-3/h4,6,8,12,15H,5,7,9-11,13H2,1-3H3,(H,21,22). The highest BCUT2D eigenvalue weighted by Gasteiger charge is 2.30. The number of carbonyl (C=O) groups excluding carboxylic acids is 1. The van der Waals surface area contributed by atoms with Crippen LogP contribution in [0.2, 0.25) is 0 Å². The lowest BCUT2D eigenvalue weighted by atomic mass is 9.90. The second-order valence-corrected chi connectivity index (χ2v) is 6.88. The Balaban J connectivity index is 2.02. The van der Waals surface area contributed by atoms with Crippen molar-refractivity contribution in [2.24, 2.45) is 0 Å². The van der Waals surface area contributed by atoms with Crippen molar-refractivity contribution in [3.63, 3.8) is 0 Å². The molecule has 1 unspecified atom stereocenters. The van der Waals surface area contributed by atoms with Crippen LogP contribution in [0.3, 0.4) is 0 Å². The van der Waals surface area contributed by atoms with Crippen molar-refractivity contribution in [3.05, 3.63) is 29.8 Å². The van der Waals surface area contributed by atoms with Crippen LogP contribution >= 0.6 is 0 Å². The first-order valence-corrected chi connectivity index (χ1v) is 8.76. The predicted octanol–water partition coefficient (Wildman–Crippen LogP) is 2.89. The largest absolute Gasteiger partial charge is 0.478 e. The summed E-state index contributed by atoms with van der Waals surface area (Å²) in [6.07, 6.45) is 1.51. The van der Waals surface area contributed by atoms with Gasteiger partial charge in [-0.25, -0.2) is 9.59 Å². The molecule has 0 saturated carbocycles. The van der Waals surface area contributed by atoms with E-state index in [1.165, 1.54) is 13.8 Å². The molecule has 1 atom stereocenters. The minimum Gasteiger partial charge on any atom is -0.478 e. The van der Waals surface area contributed by atoms with Crippen LogP contribution in [0.1, 0.15) is 38.2 Å². The fourth-order valence-electron chi connectivity index (χ4n) is 2.89. The fraction of sp³-hybridized carbons (Fsp3) is 0.579. The lowest BCUT2D eigenvalue weighted by molar-refractivity contribution is -0.152. The Hall–Kier alpha value is -2.28. The number of hydrogen-bond donors (Lipinski definition) is 1. The second-order valence-electron chi connectivity index (χ2n) is 6.88. The number of carboxylic acids is 1. The Morgan fingerprint density at radius 2 is 2.08 bits per heavy atom. The molecule has 1 fully saturated rings. The molecular formula is C19H27NO6. The van der Waals surface area contributed by atoms with Gasteiger partial charge < -0.3 is 24.2 Å². The molecule has 1 aromatic carbocycles. The highest BCUT2D eigenvalue weighted by atomic mass is 16.6. The summed E-state index contributed by atoms with van der Waals surface area (Å²) in [5.41, 5.74) is -0.277. The minimum absolute atomic E-state index is 0.162. The molecule has 7 heteroatoms. The van der Waals surface area contributed by atoms with Gasteiger partial charge in [0.15, 0.2) is 5.60 Å². The van der Waals surface area contributed by atoms with Crippen molar-refractivity contribution in [3.8, 4) is 5.75 Å². The van der Waals surface area contributed by atoms with Gasteiger partial charge in [0.05, 0.1) is 6.61 Å². The molecule has 1 saturated heterocycles. The number of nitrogens with zero attached hydrogens (tertiary/aromatic N) is 1. The van der Waals surface area contributed by atoms with Gasteiger partial charge in [0.1, 0.15) is 12.4 Å². The third-order valence-corrected chi connectivity index (χ3v) is 4.41. The Kier molecular flexibility index (Phi) is 6.85. The number of carbonyl (C=O) groups is 2. The number of aliphatic carboxylic acids is 1. The van der Waals surface area contributed by atoms with Crippen molar-refractivity contribution in [2.45, 2.75) is 38.2 Å². The number of ether oxygens (including phenoxy) is 3. The first-order valence-electron chi connectivity index (χ1n) is 8.76. The topological polar surface area (TPSA) is 85.3 Å². The van der Waals surface area contributed by atoms with Gasteiger partial charge in [0.2, 0.25) is 0 Å². The van der Waals surface area contributed by atoms with Crippen LogP contribution in [0.25, 0.3) is 0 Å². The molecule has 1 aliphatic heterocycles. The van der Waals surface area contributed by atoms with Crippen LogP contribution < -0.4 is 4.74 Å². The van der Waals surface area contributed by atoms with Gasteiger partial charge in [-0.2, -0.15) is 0 Å². The normalized spacial score (nSPS) is 17.7. The van der Waals surface area contributed by atoms with E-state index >= 15 is 0 Å². The number of rotatable bonds is 7. The van der Waals surface area contributed by atoms with E-state index in [1.807, 2.05) is 18.2 Å². The van der Waals surface area contributed by atoms with Crippen LogP contribution in [0, 0.1) is 0 Å². The molecule has 7 nitrogen and oxygen atoms in total. The molecule has 1 heterocycles. The highest BCUT2D eigenvalue weighted by Crippen LogP contribution is 2.30. The van der Waals surface area contributed by atoms with Crippen LogP contribution in [0.4, 0.5) is 4.79 Å². The molecule has 1 N–H and O–H groups in total. The SMILES string of the molecule is COCCOC(=O)N1CCCC(c2cccc(OC(C)(C)C(=O)O)c2)C1. The molecule has 0 spiro atoms. The fourth-order valence-corrected chi connectivity index (χ4v) is 2.89. The summed E-state index contributed by atoms with van der Waals surface area (Å²) in [4.78, 5) is 25.1. The lowest BCUT2D eigenvalue weighted by Crippen LogP contribution is -2.40. The van der Waals surface area contributed by atoms with E-state index in [4.69, 9.17) is 14.2 Å². The Labute approximate surface area is 153 Å². The van der Waals surface area contributed by atoms with E-state index in [0.717, 1.165) is 18.4 Å². The van der Waals surface area contributed by atoms with Crippen molar-refractivity contribution in [2.75, 3.05) is 33.4 Å². The maximum atomic E-state index is 12.1. The molecular weight excluding hydrogens is 338 g/mol.